The van der Waals surface area contributed by atoms with E-state index >= 15 is 0 Å². The number of aliphatic imine (C=N–C) groups is 1. The van der Waals surface area contributed by atoms with Crippen LogP contribution in [0, 0.1) is 16.9 Å². The van der Waals surface area contributed by atoms with E-state index in [2.05, 4.69) is 62.1 Å². The maximum absolute atomic E-state index is 13.2. The van der Waals surface area contributed by atoms with Gasteiger partial charge in [0.05, 0.1) is 12.2 Å². The Labute approximate surface area is 177 Å². The highest BCUT2D eigenvalue weighted by atomic mass is 28.3. The number of carbonyl (C=O) groups is 1. The van der Waals surface area contributed by atoms with Crippen molar-refractivity contribution in [2.24, 2.45) is 10.4 Å². The second kappa shape index (κ2) is 8.53. The Hall–Kier alpha value is -1.78. The Morgan fingerprint density at radius 2 is 1.76 bits per heavy atom. The van der Waals surface area contributed by atoms with Crippen LogP contribution < -0.4 is 5.32 Å². The Kier molecular flexibility index (Phi) is 6.91. The first-order valence-corrected chi connectivity index (χ1v) is 14.0. The molecule has 0 spiro atoms. The van der Waals surface area contributed by atoms with Crippen LogP contribution >= 0.6 is 0 Å². The molecule has 162 valence electrons. The highest BCUT2D eigenvalue weighted by molar-refractivity contribution is 6.84. The van der Waals surface area contributed by atoms with E-state index in [-0.39, 0.29) is 17.6 Å². The van der Waals surface area contributed by atoms with Gasteiger partial charge in [-0.2, -0.15) is 0 Å². The van der Waals surface area contributed by atoms with Crippen LogP contribution in [0.15, 0.2) is 17.0 Å². The lowest BCUT2D eigenvalue weighted by Crippen LogP contribution is -2.53. The average molecular weight is 419 g/mol. The summed E-state index contributed by atoms with van der Waals surface area (Å²) in [6, 6.07) is -0.270. The molecule has 29 heavy (non-hydrogen) atoms. The quantitative estimate of drug-likeness (QED) is 0.521. The predicted octanol–water partition coefficient (Wildman–Crippen LogP) is 3.68. The summed E-state index contributed by atoms with van der Waals surface area (Å²) in [6.07, 6.45) is 1.50. The molecule has 2 aliphatic heterocycles. The lowest BCUT2D eigenvalue weighted by atomic mass is 9.82. The molecule has 0 radical (unpaired) electrons. The van der Waals surface area contributed by atoms with E-state index < -0.39 is 13.7 Å². The molecule has 0 aliphatic carbocycles. The van der Waals surface area contributed by atoms with Crippen molar-refractivity contribution in [3.8, 4) is 11.5 Å². The molecule has 1 unspecified atom stereocenters. The number of carbonyl (C=O) groups excluding carboxylic acids is 1. The maximum atomic E-state index is 13.2. The molecule has 2 aliphatic rings. The van der Waals surface area contributed by atoms with Gasteiger partial charge in [0.15, 0.2) is 0 Å². The zero-order chi connectivity index (χ0) is 22.0. The minimum Gasteiger partial charge on any atom is -0.443 e. The molecule has 0 aromatic rings. The SMILES string of the molecule is CC(C)(C)OC(=O)N1C=C(N2CCNCC2)N=C(C#C[Si](C)(C)C)C1C(C)(C)C. The normalized spacial score (nSPS) is 21.1. The number of nitrogens with zero attached hydrogens (tertiary/aromatic N) is 3. The summed E-state index contributed by atoms with van der Waals surface area (Å²) >= 11 is 0. The molecular weight excluding hydrogens is 380 g/mol. The van der Waals surface area contributed by atoms with Gasteiger partial charge in [-0.15, -0.1) is 5.54 Å². The second-order valence-electron chi connectivity index (χ2n) is 10.9. The van der Waals surface area contributed by atoms with Gasteiger partial charge in [-0.05, 0) is 26.2 Å². The van der Waals surface area contributed by atoms with Crippen molar-refractivity contribution in [1.29, 1.82) is 0 Å². The Morgan fingerprint density at radius 3 is 2.24 bits per heavy atom. The zero-order valence-electron chi connectivity index (χ0n) is 19.6. The van der Waals surface area contributed by atoms with Crippen LogP contribution in [0.4, 0.5) is 4.79 Å². The van der Waals surface area contributed by atoms with Crippen molar-refractivity contribution in [1.82, 2.24) is 15.1 Å². The largest absolute Gasteiger partial charge is 0.443 e. The van der Waals surface area contributed by atoms with Crippen molar-refractivity contribution in [2.45, 2.75) is 72.8 Å². The summed E-state index contributed by atoms with van der Waals surface area (Å²) in [5.41, 5.74) is 3.39. The summed E-state index contributed by atoms with van der Waals surface area (Å²) in [4.78, 5) is 22.1. The first-order chi connectivity index (χ1) is 13.2. The van der Waals surface area contributed by atoms with Crippen molar-refractivity contribution < 1.29 is 9.53 Å². The van der Waals surface area contributed by atoms with E-state index in [0.29, 0.717) is 0 Å². The number of rotatable bonds is 1. The van der Waals surface area contributed by atoms with Crippen molar-refractivity contribution in [3.63, 3.8) is 0 Å². The molecule has 1 atom stereocenters. The van der Waals surface area contributed by atoms with Gasteiger partial charge in [-0.25, -0.2) is 9.79 Å². The van der Waals surface area contributed by atoms with Crippen molar-refractivity contribution in [3.05, 3.63) is 12.0 Å². The summed E-state index contributed by atoms with van der Waals surface area (Å²) in [5.74, 6) is 4.15. The first kappa shape index (κ1) is 23.5. The third-order valence-electron chi connectivity index (χ3n) is 4.46. The molecular formula is C22H38N4O2Si. The number of amides is 1. The number of nitrogens with one attached hydrogen (secondary N) is 1. The number of ether oxygens (including phenoxy) is 1. The van der Waals surface area contributed by atoms with Gasteiger partial charge >= 0.3 is 6.09 Å². The lowest BCUT2D eigenvalue weighted by Gasteiger charge is -2.42. The number of piperazine rings is 1. The van der Waals surface area contributed by atoms with Crippen molar-refractivity contribution >= 4 is 19.9 Å². The van der Waals surface area contributed by atoms with E-state index in [1.54, 1.807) is 4.90 Å². The second-order valence-corrected chi connectivity index (χ2v) is 15.6. The molecule has 1 amide bonds. The van der Waals surface area contributed by atoms with Crippen LogP contribution in [0.25, 0.3) is 0 Å². The van der Waals surface area contributed by atoms with Gasteiger partial charge < -0.3 is 15.0 Å². The zero-order valence-corrected chi connectivity index (χ0v) is 20.6. The third kappa shape index (κ3) is 6.90. The van der Waals surface area contributed by atoms with Crippen LogP contribution in [0.1, 0.15) is 41.5 Å². The van der Waals surface area contributed by atoms with Crippen LogP contribution in [-0.2, 0) is 4.74 Å². The van der Waals surface area contributed by atoms with E-state index in [1.807, 2.05) is 27.0 Å². The monoisotopic (exact) mass is 418 g/mol. The summed E-state index contributed by atoms with van der Waals surface area (Å²) in [7, 11) is -1.60. The molecule has 1 saturated heterocycles. The molecule has 7 heteroatoms. The maximum Gasteiger partial charge on any atom is 0.415 e. The minimum absolute atomic E-state index is 0.241. The van der Waals surface area contributed by atoms with Gasteiger partial charge in [0, 0.05) is 26.2 Å². The van der Waals surface area contributed by atoms with Crippen molar-refractivity contribution in [2.75, 3.05) is 26.2 Å². The van der Waals surface area contributed by atoms with Gasteiger partial charge in [-0.3, -0.25) is 4.90 Å². The standard InChI is InChI=1S/C22H38N4O2Si/c1-21(2,3)19-17(10-15-29(7,8)9)24-18(25-13-11-23-12-14-25)16-26(19)20(27)28-22(4,5)6/h16,19,23H,11-14H2,1-9H3. The highest BCUT2D eigenvalue weighted by Crippen LogP contribution is 2.32. The first-order valence-electron chi connectivity index (χ1n) is 10.5. The Bertz CT molecular complexity index is 736. The number of hydrogen-bond donors (Lipinski definition) is 1. The van der Waals surface area contributed by atoms with Crippen LogP contribution in [0.2, 0.25) is 19.6 Å². The Morgan fingerprint density at radius 1 is 1.17 bits per heavy atom. The lowest BCUT2D eigenvalue weighted by molar-refractivity contribution is 0.0225. The van der Waals surface area contributed by atoms with Crippen LogP contribution in [-0.4, -0.2) is 67.5 Å². The van der Waals surface area contributed by atoms with E-state index in [0.717, 1.165) is 37.7 Å². The molecule has 1 fully saturated rings. The topological polar surface area (TPSA) is 57.2 Å². The average Bonchev–Trinajstić information content (AvgIpc) is 2.57. The molecule has 2 heterocycles. The molecule has 1 N–H and O–H groups in total. The molecule has 2 rings (SSSR count). The molecule has 0 bridgehead atoms. The van der Waals surface area contributed by atoms with Gasteiger partial charge in [0.1, 0.15) is 25.2 Å². The third-order valence-corrected chi connectivity index (χ3v) is 5.33. The number of hydrogen-bond acceptors (Lipinski definition) is 5. The van der Waals surface area contributed by atoms with E-state index in [1.165, 1.54) is 0 Å². The van der Waals surface area contributed by atoms with Gasteiger partial charge in [0.2, 0.25) is 0 Å². The van der Waals surface area contributed by atoms with E-state index in [9.17, 15) is 4.79 Å². The van der Waals surface area contributed by atoms with Gasteiger partial charge in [0.25, 0.3) is 0 Å². The summed E-state index contributed by atoms with van der Waals surface area (Å²) < 4.78 is 5.75. The molecule has 0 aromatic heterocycles. The predicted molar refractivity (Wildman–Crippen MR) is 122 cm³/mol. The molecule has 6 nitrogen and oxygen atoms in total. The fraction of sp³-hybridized carbons (Fsp3) is 0.727. The minimum atomic E-state index is -1.60. The fourth-order valence-corrected chi connectivity index (χ4v) is 3.74. The van der Waals surface area contributed by atoms with Gasteiger partial charge in [-0.1, -0.05) is 46.3 Å². The fourth-order valence-electron chi connectivity index (χ4n) is 3.24. The summed E-state index contributed by atoms with van der Waals surface area (Å²) in [6.45, 7) is 22.2. The Balaban J connectivity index is 2.54. The molecule has 0 saturated carbocycles. The van der Waals surface area contributed by atoms with E-state index in [4.69, 9.17) is 9.73 Å². The van der Waals surface area contributed by atoms with Crippen LogP contribution in [0.3, 0.4) is 0 Å². The highest BCUT2D eigenvalue weighted by Gasteiger charge is 2.41. The van der Waals surface area contributed by atoms with Crippen LogP contribution in [0.5, 0.6) is 0 Å². The smallest absolute Gasteiger partial charge is 0.415 e. The summed E-state index contributed by atoms with van der Waals surface area (Å²) in [5, 5.41) is 3.36. The molecule has 0 aromatic carbocycles.